The van der Waals surface area contributed by atoms with Crippen LogP contribution in [0.2, 0.25) is 0 Å². The fourth-order valence-corrected chi connectivity index (χ4v) is 3.59. The number of ether oxygens (including phenoxy) is 1. The van der Waals surface area contributed by atoms with Crippen LogP contribution in [0.3, 0.4) is 0 Å². The average molecular weight is 406 g/mol. The van der Waals surface area contributed by atoms with Crippen LogP contribution in [-0.2, 0) is 4.79 Å². The number of nitrogens with one attached hydrogen (secondary N) is 1. The number of halogens is 2. The first-order chi connectivity index (χ1) is 11.7. The summed E-state index contributed by atoms with van der Waals surface area (Å²) in [6, 6.07) is 7.24. The van der Waals surface area contributed by atoms with E-state index < -0.39 is 9.93 Å². The molecule has 140 valence electrons. The Hall–Kier alpha value is -0.620. The van der Waals surface area contributed by atoms with Gasteiger partial charge in [-0.2, -0.15) is 11.8 Å². The first-order valence-electron chi connectivity index (χ1n) is 8.27. The Balaban J connectivity index is 1.94. The van der Waals surface area contributed by atoms with Crippen LogP contribution < -0.4 is 10.1 Å². The maximum absolute atomic E-state index is 12.5. The summed E-state index contributed by atoms with van der Waals surface area (Å²) in [5.41, 5.74) is 0.0216. The molecule has 1 saturated carbocycles. The Labute approximate surface area is 163 Å². The number of carbonyl (C=O) groups is 1. The molecule has 1 aliphatic carbocycles. The van der Waals surface area contributed by atoms with Crippen LogP contribution in [0.1, 0.15) is 38.2 Å². The highest BCUT2D eigenvalue weighted by Gasteiger charge is 2.52. The lowest BCUT2D eigenvalue weighted by Crippen LogP contribution is -2.51. The van der Waals surface area contributed by atoms with Crippen molar-refractivity contribution in [2.24, 2.45) is 0 Å². The highest BCUT2D eigenvalue weighted by Crippen LogP contribution is 2.59. The van der Waals surface area contributed by atoms with Crippen molar-refractivity contribution in [3.8, 4) is 5.75 Å². The molecule has 1 aromatic carbocycles. The van der Waals surface area contributed by atoms with Crippen molar-refractivity contribution in [1.29, 1.82) is 0 Å². The highest BCUT2D eigenvalue weighted by atomic mass is 35.5. The van der Waals surface area contributed by atoms with E-state index in [4.69, 9.17) is 27.9 Å². The Morgan fingerprint density at radius 1 is 1.44 bits per heavy atom. The van der Waals surface area contributed by atoms with Crippen LogP contribution in [0.25, 0.3) is 0 Å². The predicted octanol–water partition coefficient (Wildman–Crippen LogP) is 3.74. The van der Waals surface area contributed by atoms with Crippen LogP contribution in [0.4, 0.5) is 0 Å². The molecule has 2 rings (SSSR count). The van der Waals surface area contributed by atoms with Crippen LogP contribution in [0, 0.1) is 0 Å². The summed E-state index contributed by atoms with van der Waals surface area (Å²) in [5.74, 6) is 1.38. The molecule has 1 aromatic rings. The van der Waals surface area contributed by atoms with Crippen molar-refractivity contribution >= 4 is 40.9 Å². The molecule has 0 heterocycles. The molecular weight excluding hydrogens is 381 g/mol. The van der Waals surface area contributed by atoms with E-state index in [1.165, 1.54) is 0 Å². The van der Waals surface area contributed by atoms with Gasteiger partial charge in [-0.3, -0.25) is 4.79 Å². The van der Waals surface area contributed by atoms with Gasteiger partial charge in [0.05, 0.1) is 12.6 Å². The fraction of sp³-hybridized carbons (Fsp3) is 0.611. The lowest BCUT2D eigenvalue weighted by atomic mass is 10.1. The molecule has 1 amide bonds. The molecule has 4 nitrogen and oxygen atoms in total. The predicted molar refractivity (Wildman–Crippen MR) is 105 cm³/mol. The van der Waals surface area contributed by atoms with Crippen LogP contribution in [0.5, 0.6) is 5.75 Å². The molecule has 1 fully saturated rings. The first kappa shape index (κ1) is 20.7. The van der Waals surface area contributed by atoms with E-state index in [-0.39, 0.29) is 24.5 Å². The van der Waals surface area contributed by atoms with E-state index in [1.54, 1.807) is 25.6 Å². The second kappa shape index (κ2) is 8.38. The van der Waals surface area contributed by atoms with Crippen molar-refractivity contribution in [2.75, 3.05) is 18.6 Å². The second-order valence-corrected chi connectivity index (χ2v) is 9.36. The summed E-state index contributed by atoms with van der Waals surface area (Å²) < 4.78 is 5.20. The molecule has 0 bridgehead atoms. The number of benzene rings is 1. The largest absolute Gasteiger partial charge is 0.478 e. The summed E-state index contributed by atoms with van der Waals surface area (Å²) in [5, 5.41) is 12.3. The average Bonchev–Trinajstić information content (AvgIpc) is 3.20. The standard InChI is InChI=1S/C18H25Cl2NO3S/c1-17(2,16(23)21-13(11-22)8-9-25-3)24-14-6-4-12(5-7-14)15-10-18(15,19)20/h4-7,13,15,22H,8-11H2,1-3H3,(H,21,23)/t13-,15-/m1/s1. The minimum atomic E-state index is -1.05. The number of hydrogen-bond acceptors (Lipinski definition) is 4. The summed E-state index contributed by atoms with van der Waals surface area (Å²) in [6.45, 7) is 3.34. The van der Waals surface area contributed by atoms with E-state index in [0.717, 1.165) is 17.7 Å². The SMILES string of the molecule is CSCC[C@H](CO)NC(=O)C(C)(C)Oc1ccc([C@H]2CC2(Cl)Cl)cc1. The summed E-state index contributed by atoms with van der Waals surface area (Å²) >= 11 is 13.9. The van der Waals surface area contributed by atoms with Gasteiger partial charge < -0.3 is 15.2 Å². The molecule has 25 heavy (non-hydrogen) atoms. The fourth-order valence-electron chi connectivity index (χ4n) is 2.51. The van der Waals surface area contributed by atoms with Crippen molar-refractivity contribution in [3.05, 3.63) is 29.8 Å². The Kier molecular flexibility index (Phi) is 6.94. The van der Waals surface area contributed by atoms with Gasteiger partial charge in [0.25, 0.3) is 5.91 Å². The lowest BCUT2D eigenvalue weighted by Gasteiger charge is -2.28. The molecule has 7 heteroatoms. The topological polar surface area (TPSA) is 58.6 Å². The van der Waals surface area contributed by atoms with E-state index in [1.807, 2.05) is 30.5 Å². The molecular formula is C18H25Cl2NO3S. The number of hydrogen-bond donors (Lipinski definition) is 2. The number of alkyl halides is 2. The zero-order valence-electron chi connectivity index (χ0n) is 14.7. The summed E-state index contributed by atoms with van der Waals surface area (Å²) in [6.07, 6.45) is 3.46. The van der Waals surface area contributed by atoms with Gasteiger partial charge in [0, 0.05) is 5.92 Å². The second-order valence-electron chi connectivity index (χ2n) is 6.83. The van der Waals surface area contributed by atoms with Crippen LogP contribution in [-0.4, -0.2) is 45.6 Å². The maximum Gasteiger partial charge on any atom is 0.263 e. The molecule has 0 aromatic heterocycles. The molecule has 2 N–H and O–H groups in total. The van der Waals surface area contributed by atoms with Gasteiger partial charge in [-0.25, -0.2) is 0 Å². The molecule has 0 unspecified atom stereocenters. The molecule has 0 aliphatic heterocycles. The van der Waals surface area contributed by atoms with Gasteiger partial charge in [-0.15, -0.1) is 23.2 Å². The zero-order valence-corrected chi connectivity index (χ0v) is 17.0. The third-order valence-electron chi connectivity index (χ3n) is 4.25. The monoisotopic (exact) mass is 405 g/mol. The maximum atomic E-state index is 12.5. The van der Waals surface area contributed by atoms with Gasteiger partial charge in [0.1, 0.15) is 10.1 Å². The third kappa shape index (κ3) is 5.68. The Bertz CT molecular complexity index is 592. The Morgan fingerprint density at radius 3 is 2.52 bits per heavy atom. The highest BCUT2D eigenvalue weighted by molar-refractivity contribution is 7.98. The van der Waals surface area contributed by atoms with Crippen molar-refractivity contribution in [3.63, 3.8) is 0 Å². The number of carbonyl (C=O) groups excluding carboxylic acids is 1. The third-order valence-corrected chi connectivity index (χ3v) is 5.73. The van der Waals surface area contributed by atoms with E-state index >= 15 is 0 Å². The quantitative estimate of drug-likeness (QED) is 0.614. The molecule has 0 radical (unpaired) electrons. The van der Waals surface area contributed by atoms with Crippen molar-refractivity contribution in [1.82, 2.24) is 5.32 Å². The minimum Gasteiger partial charge on any atom is -0.478 e. The number of aliphatic hydroxyl groups excluding tert-OH is 1. The number of thioether (sulfide) groups is 1. The van der Waals surface area contributed by atoms with E-state index in [9.17, 15) is 9.90 Å². The number of rotatable bonds is 9. The van der Waals surface area contributed by atoms with E-state index in [0.29, 0.717) is 12.2 Å². The zero-order chi connectivity index (χ0) is 18.7. The van der Waals surface area contributed by atoms with Gasteiger partial charge >= 0.3 is 0 Å². The van der Waals surface area contributed by atoms with Gasteiger partial charge in [-0.1, -0.05) is 12.1 Å². The molecule has 0 saturated heterocycles. The summed E-state index contributed by atoms with van der Waals surface area (Å²) in [7, 11) is 0. The molecule has 2 atom stereocenters. The Morgan fingerprint density at radius 2 is 2.04 bits per heavy atom. The lowest BCUT2D eigenvalue weighted by molar-refractivity contribution is -0.135. The normalized spacial score (nSPS) is 20.0. The number of amides is 1. The van der Waals surface area contributed by atoms with Crippen LogP contribution in [0.15, 0.2) is 24.3 Å². The van der Waals surface area contributed by atoms with E-state index in [2.05, 4.69) is 5.32 Å². The van der Waals surface area contributed by atoms with Gasteiger partial charge in [0.15, 0.2) is 5.60 Å². The minimum absolute atomic E-state index is 0.0862. The van der Waals surface area contributed by atoms with Gasteiger partial charge in [0.2, 0.25) is 0 Å². The summed E-state index contributed by atoms with van der Waals surface area (Å²) in [4.78, 5) is 12.5. The molecule has 1 aliphatic rings. The molecule has 0 spiro atoms. The van der Waals surface area contributed by atoms with Crippen molar-refractivity contribution < 1.29 is 14.6 Å². The van der Waals surface area contributed by atoms with Crippen LogP contribution >= 0.6 is 35.0 Å². The number of aliphatic hydroxyl groups is 1. The first-order valence-corrected chi connectivity index (χ1v) is 10.4. The smallest absolute Gasteiger partial charge is 0.263 e. The van der Waals surface area contributed by atoms with Crippen molar-refractivity contribution in [2.45, 2.75) is 48.6 Å². The van der Waals surface area contributed by atoms with Gasteiger partial charge in [-0.05, 0) is 56.4 Å².